The second-order valence-electron chi connectivity index (χ2n) is 5.55. The average Bonchev–Trinajstić information content (AvgIpc) is 2.92. The molecule has 1 aliphatic heterocycles. The van der Waals surface area contributed by atoms with E-state index in [2.05, 4.69) is 11.8 Å². The Morgan fingerprint density at radius 2 is 1.82 bits per heavy atom. The highest BCUT2D eigenvalue weighted by molar-refractivity contribution is 5.04. The van der Waals surface area contributed by atoms with Crippen LogP contribution in [0.25, 0.3) is 0 Å². The molecule has 1 heterocycles. The summed E-state index contributed by atoms with van der Waals surface area (Å²) in [5.41, 5.74) is 6.27. The Labute approximate surface area is 104 Å². The third-order valence-electron chi connectivity index (χ3n) is 4.97. The smallest absolute Gasteiger partial charge is 0.0972 e. The molecule has 4 heteroatoms. The molecule has 4 unspecified atom stereocenters. The molecular weight excluding hydrogens is 216 g/mol. The molecule has 2 N–H and O–H groups in total. The largest absolute Gasteiger partial charge is 0.377 e. The van der Waals surface area contributed by atoms with E-state index in [1.165, 1.54) is 19.3 Å². The minimum atomic E-state index is 0.185. The second-order valence-corrected chi connectivity index (χ2v) is 5.55. The van der Waals surface area contributed by atoms with Crippen LogP contribution in [0.2, 0.25) is 0 Å². The van der Waals surface area contributed by atoms with E-state index in [0.717, 1.165) is 19.6 Å². The fraction of sp³-hybridized carbons (Fsp3) is 1.00. The van der Waals surface area contributed by atoms with Crippen molar-refractivity contribution in [3.8, 4) is 0 Å². The maximum Gasteiger partial charge on any atom is 0.0972 e. The summed E-state index contributed by atoms with van der Waals surface area (Å²) < 4.78 is 11.0. The number of hydrogen-bond donors (Lipinski definition) is 1. The van der Waals surface area contributed by atoms with Crippen molar-refractivity contribution in [2.24, 2.45) is 11.7 Å². The van der Waals surface area contributed by atoms with Crippen molar-refractivity contribution in [2.75, 3.05) is 33.9 Å². The van der Waals surface area contributed by atoms with Gasteiger partial charge in [0.2, 0.25) is 0 Å². The summed E-state index contributed by atoms with van der Waals surface area (Å²) >= 11 is 0. The van der Waals surface area contributed by atoms with E-state index in [1.54, 1.807) is 14.2 Å². The number of likely N-dealkylation sites (tertiary alicyclic amines) is 1. The Kier molecular flexibility index (Phi) is 4.08. The summed E-state index contributed by atoms with van der Waals surface area (Å²) in [6, 6.07) is 0. The maximum atomic E-state index is 6.09. The van der Waals surface area contributed by atoms with Crippen molar-refractivity contribution in [3.05, 3.63) is 0 Å². The van der Waals surface area contributed by atoms with Gasteiger partial charge in [-0.1, -0.05) is 13.3 Å². The molecule has 0 aromatic carbocycles. The molecule has 0 spiro atoms. The summed E-state index contributed by atoms with van der Waals surface area (Å²) in [4.78, 5) is 2.52. The molecule has 0 amide bonds. The van der Waals surface area contributed by atoms with Gasteiger partial charge in [-0.2, -0.15) is 0 Å². The normalized spacial score (nSPS) is 43.4. The third-order valence-corrected chi connectivity index (χ3v) is 4.97. The first kappa shape index (κ1) is 13.3. The monoisotopic (exact) mass is 242 g/mol. The average molecular weight is 242 g/mol. The van der Waals surface area contributed by atoms with E-state index in [1.807, 2.05) is 0 Å². The first-order chi connectivity index (χ1) is 8.17. The second kappa shape index (κ2) is 5.22. The number of ether oxygens (including phenoxy) is 2. The van der Waals surface area contributed by atoms with E-state index in [9.17, 15) is 0 Å². The molecule has 0 bridgehead atoms. The van der Waals surface area contributed by atoms with Gasteiger partial charge in [0.25, 0.3) is 0 Å². The van der Waals surface area contributed by atoms with Gasteiger partial charge in [0.05, 0.1) is 12.2 Å². The molecule has 1 aliphatic carbocycles. The zero-order valence-corrected chi connectivity index (χ0v) is 11.3. The van der Waals surface area contributed by atoms with Crippen molar-refractivity contribution in [1.82, 2.24) is 4.90 Å². The van der Waals surface area contributed by atoms with E-state index >= 15 is 0 Å². The number of hydrogen-bond acceptors (Lipinski definition) is 4. The topological polar surface area (TPSA) is 47.7 Å². The lowest BCUT2D eigenvalue weighted by molar-refractivity contribution is -0.00461. The molecule has 4 atom stereocenters. The lowest BCUT2D eigenvalue weighted by atomic mass is 9.86. The fourth-order valence-electron chi connectivity index (χ4n) is 3.69. The summed E-state index contributed by atoms with van der Waals surface area (Å²) in [5, 5.41) is 0. The quantitative estimate of drug-likeness (QED) is 0.794. The summed E-state index contributed by atoms with van der Waals surface area (Å²) in [5.74, 6) is 0.681. The van der Waals surface area contributed by atoms with Gasteiger partial charge in [-0.25, -0.2) is 0 Å². The highest BCUT2D eigenvalue weighted by Gasteiger charge is 2.49. The lowest BCUT2D eigenvalue weighted by Gasteiger charge is -2.41. The highest BCUT2D eigenvalue weighted by Crippen LogP contribution is 2.41. The van der Waals surface area contributed by atoms with Crippen molar-refractivity contribution >= 4 is 0 Å². The fourth-order valence-corrected chi connectivity index (χ4v) is 3.69. The minimum Gasteiger partial charge on any atom is -0.377 e. The number of nitrogens with two attached hydrogens (primary N) is 1. The first-order valence-corrected chi connectivity index (χ1v) is 6.68. The molecule has 0 aromatic rings. The Morgan fingerprint density at radius 1 is 1.24 bits per heavy atom. The van der Waals surface area contributed by atoms with Gasteiger partial charge >= 0.3 is 0 Å². The summed E-state index contributed by atoms with van der Waals surface area (Å²) in [7, 11) is 3.54. The van der Waals surface area contributed by atoms with Crippen LogP contribution in [0.3, 0.4) is 0 Å². The molecule has 1 saturated heterocycles. The van der Waals surface area contributed by atoms with Crippen LogP contribution in [-0.4, -0.2) is 56.5 Å². The molecule has 1 saturated carbocycles. The minimum absolute atomic E-state index is 0.185. The molecule has 2 fully saturated rings. The van der Waals surface area contributed by atoms with E-state index in [4.69, 9.17) is 15.2 Å². The molecule has 17 heavy (non-hydrogen) atoms. The van der Waals surface area contributed by atoms with Crippen molar-refractivity contribution in [1.29, 1.82) is 0 Å². The number of rotatable bonds is 4. The predicted molar refractivity (Wildman–Crippen MR) is 68.0 cm³/mol. The molecule has 2 rings (SSSR count). The van der Waals surface area contributed by atoms with E-state index in [0.29, 0.717) is 5.92 Å². The van der Waals surface area contributed by atoms with Gasteiger partial charge in [0.15, 0.2) is 0 Å². The van der Waals surface area contributed by atoms with Crippen LogP contribution in [-0.2, 0) is 9.47 Å². The third kappa shape index (κ3) is 2.12. The van der Waals surface area contributed by atoms with Gasteiger partial charge < -0.3 is 15.2 Å². The van der Waals surface area contributed by atoms with Crippen molar-refractivity contribution < 1.29 is 9.47 Å². The van der Waals surface area contributed by atoms with Crippen LogP contribution < -0.4 is 5.73 Å². The standard InChI is InChI=1S/C13H26N2O2/c1-10-5-4-6-13(10,9-14)15-7-11(16-2)12(8-15)17-3/h10-12H,4-9,14H2,1-3H3. The Balaban J connectivity index is 2.12. The molecule has 100 valence electrons. The zero-order chi connectivity index (χ0) is 12.5. The Morgan fingerprint density at radius 3 is 2.18 bits per heavy atom. The van der Waals surface area contributed by atoms with Crippen molar-refractivity contribution in [3.63, 3.8) is 0 Å². The van der Waals surface area contributed by atoms with Crippen LogP contribution in [0.1, 0.15) is 26.2 Å². The van der Waals surface area contributed by atoms with E-state index in [-0.39, 0.29) is 17.7 Å². The van der Waals surface area contributed by atoms with Crippen LogP contribution in [0.4, 0.5) is 0 Å². The van der Waals surface area contributed by atoms with Crippen LogP contribution >= 0.6 is 0 Å². The molecule has 2 aliphatic rings. The van der Waals surface area contributed by atoms with Gasteiger partial charge in [-0.3, -0.25) is 4.90 Å². The van der Waals surface area contributed by atoms with E-state index < -0.39 is 0 Å². The molecule has 0 aromatic heterocycles. The van der Waals surface area contributed by atoms with Gasteiger partial charge in [-0.05, 0) is 18.8 Å². The molecule has 4 nitrogen and oxygen atoms in total. The Bertz CT molecular complexity index is 250. The Hall–Kier alpha value is -0.160. The van der Waals surface area contributed by atoms with Gasteiger partial charge in [0.1, 0.15) is 0 Å². The van der Waals surface area contributed by atoms with Crippen LogP contribution in [0.15, 0.2) is 0 Å². The summed E-state index contributed by atoms with van der Waals surface area (Å²) in [6.45, 7) is 5.00. The number of methoxy groups -OCH3 is 2. The zero-order valence-electron chi connectivity index (χ0n) is 11.3. The van der Waals surface area contributed by atoms with Crippen LogP contribution in [0.5, 0.6) is 0 Å². The van der Waals surface area contributed by atoms with Gasteiger partial charge in [-0.15, -0.1) is 0 Å². The predicted octanol–water partition coefficient (Wildman–Crippen LogP) is 0.849. The SMILES string of the molecule is COC1CN(C2(CN)CCCC2C)CC1OC. The summed E-state index contributed by atoms with van der Waals surface area (Å²) in [6.07, 6.45) is 4.19. The highest BCUT2D eigenvalue weighted by atomic mass is 16.5. The lowest BCUT2D eigenvalue weighted by Crippen LogP contribution is -2.55. The molecule has 0 radical (unpaired) electrons. The molecular formula is C13H26N2O2. The number of nitrogens with zero attached hydrogens (tertiary/aromatic N) is 1. The first-order valence-electron chi connectivity index (χ1n) is 6.68. The van der Waals surface area contributed by atoms with Gasteiger partial charge in [0, 0.05) is 39.4 Å². The van der Waals surface area contributed by atoms with Crippen LogP contribution in [0, 0.1) is 5.92 Å². The maximum absolute atomic E-state index is 6.09. The van der Waals surface area contributed by atoms with Crippen molar-refractivity contribution in [2.45, 2.75) is 43.9 Å².